The van der Waals surface area contributed by atoms with Crippen molar-refractivity contribution < 1.29 is 4.42 Å². The van der Waals surface area contributed by atoms with Gasteiger partial charge in [-0.15, -0.1) is 0 Å². The number of hydrogen-bond acceptors (Lipinski definition) is 3. The number of rotatable bonds is 7. The van der Waals surface area contributed by atoms with E-state index in [1.165, 1.54) is 38.9 Å². The third kappa shape index (κ3) is 5.37. The maximum atomic E-state index is 5.37. The SMILES string of the molecule is CC(CCc1ccco1)NC(C)CN1CCCCC1. The van der Waals surface area contributed by atoms with E-state index >= 15 is 0 Å². The minimum Gasteiger partial charge on any atom is -0.469 e. The Morgan fingerprint density at radius 1 is 1.21 bits per heavy atom. The Hall–Kier alpha value is -0.800. The molecule has 1 N–H and O–H groups in total. The van der Waals surface area contributed by atoms with Crippen molar-refractivity contribution in [3.05, 3.63) is 24.2 Å². The third-order valence-electron chi connectivity index (χ3n) is 3.95. The molecule has 0 spiro atoms. The van der Waals surface area contributed by atoms with Gasteiger partial charge in [-0.3, -0.25) is 0 Å². The van der Waals surface area contributed by atoms with Gasteiger partial charge in [0.05, 0.1) is 6.26 Å². The summed E-state index contributed by atoms with van der Waals surface area (Å²) in [6.45, 7) is 8.33. The molecule has 2 atom stereocenters. The number of piperidine rings is 1. The summed E-state index contributed by atoms with van der Waals surface area (Å²) in [5.41, 5.74) is 0. The number of hydrogen-bond donors (Lipinski definition) is 1. The summed E-state index contributed by atoms with van der Waals surface area (Å²) < 4.78 is 5.37. The largest absolute Gasteiger partial charge is 0.469 e. The predicted octanol–water partition coefficient (Wildman–Crippen LogP) is 3.06. The Morgan fingerprint density at radius 2 is 2.00 bits per heavy atom. The van der Waals surface area contributed by atoms with Crippen molar-refractivity contribution in [3.8, 4) is 0 Å². The summed E-state index contributed by atoms with van der Waals surface area (Å²) >= 11 is 0. The van der Waals surface area contributed by atoms with E-state index < -0.39 is 0 Å². The lowest BCUT2D eigenvalue weighted by Gasteiger charge is -2.30. The van der Waals surface area contributed by atoms with Crippen LogP contribution in [0.25, 0.3) is 0 Å². The normalized spacial score (nSPS) is 20.3. The van der Waals surface area contributed by atoms with E-state index in [9.17, 15) is 0 Å². The van der Waals surface area contributed by atoms with E-state index in [1.54, 1.807) is 6.26 Å². The Kier molecular flexibility index (Phi) is 5.93. The van der Waals surface area contributed by atoms with E-state index in [-0.39, 0.29) is 0 Å². The molecule has 0 amide bonds. The zero-order valence-electron chi connectivity index (χ0n) is 12.4. The molecule has 1 aliphatic heterocycles. The van der Waals surface area contributed by atoms with Crippen molar-refractivity contribution in [2.75, 3.05) is 19.6 Å². The smallest absolute Gasteiger partial charge is 0.103 e. The summed E-state index contributed by atoms with van der Waals surface area (Å²) in [6, 6.07) is 5.14. The van der Waals surface area contributed by atoms with Gasteiger partial charge < -0.3 is 14.6 Å². The Labute approximate surface area is 117 Å². The predicted molar refractivity (Wildman–Crippen MR) is 79.4 cm³/mol. The average Bonchev–Trinajstić information content (AvgIpc) is 2.90. The topological polar surface area (TPSA) is 28.4 Å². The highest BCUT2D eigenvalue weighted by molar-refractivity contribution is 4.98. The summed E-state index contributed by atoms with van der Waals surface area (Å²) in [4.78, 5) is 2.60. The highest BCUT2D eigenvalue weighted by Crippen LogP contribution is 2.10. The minimum absolute atomic E-state index is 0.546. The molecule has 0 bridgehead atoms. The zero-order chi connectivity index (χ0) is 13.5. The highest BCUT2D eigenvalue weighted by atomic mass is 16.3. The van der Waals surface area contributed by atoms with Crippen LogP contribution in [0, 0.1) is 0 Å². The fraction of sp³-hybridized carbons (Fsp3) is 0.750. The number of furan rings is 1. The first kappa shape index (κ1) is 14.6. The monoisotopic (exact) mass is 264 g/mol. The van der Waals surface area contributed by atoms with Crippen molar-refractivity contribution in [1.29, 1.82) is 0 Å². The molecule has 1 aliphatic rings. The van der Waals surface area contributed by atoms with E-state index in [0.29, 0.717) is 12.1 Å². The lowest BCUT2D eigenvalue weighted by Crippen LogP contribution is -2.44. The van der Waals surface area contributed by atoms with E-state index in [4.69, 9.17) is 4.42 Å². The summed E-state index contributed by atoms with van der Waals surface area (Å²) in [6.07, 6.45) is 8.08. The van der Waals surface area contributed by atoms with Crippen molar-refractivity contribution in [2.45, 2.75) is 58.0 Å². The molecule has 0 aliphatic carbocycles. The van der Waals surface area contributed by atoms with Gasteiger partial charge in [0.15, 0.2) is 0 Å². The molecule has 1 fully saturated rings. The number of likely N-dealkylation sites (tertiary alicyclic amines) is 1. The van der Waals surface area contributed by atoms with Gasteiger partial charge in [0, 0.05) is 25.0 Å². The second kappa shape index (κ2) is 7.71. The number of aryl methyl sites for hydroxylation is 1. The van der Waals surface area contributed by atoms with Crippen LogP contribution in [-0.4, -0.2) is 36.6 Å². The van der Waals surface area contributed by atoms with Crippen LogP contribution in [-0.2, 0) is 6.42 Å². The molecule has 3 nitrogen and oxygen atoms in total. The molecule has 0 radical (unpaired) electrons. The Bertz CT molecular complexity index is 331. The molecular formula is C16H28N2O. The fourth-order valence-corrected chi connectivity index (χ4v) is 2.96. The Balaban J connectivity index is 1.62. The average molecular weight is 264 g/mol. The van der Waals surface area contributed by atoms with Gasteiger partial charge in [0.2, 0.25) is 0 Å². The molecule has 0 saturated carbocycles. The first-order valence-corrected chi connectivity index (χ1v) is 7.75. The maximum Gasteiger partial charge on any atom is 0.103 e. The van der Waals surface area contributed by atoms with Crippen molar-refractivity contribution in [3.63, 3.8) is 0 Å². The van der Waals surface area contributed by atoms with Gasteiger partial charge in [-0.1, -0.05) is 6.42 Å². The van der Waals surface area contributed by atoms with Gasteiger partial charge in [0.25, 0.3) is 0 Å². The minimum atomic E-state index is 0.546. The Morgan fingerprint density at radius 3 is 2.68 bits per heavy atom. The van der Waals surface area contributed by atoms with Crippen molar-refractivity contribution in [1.82, 2.24) is 10.2 Å². The van der Waals surface area contributed by atoms with Crippen LogP contribution < -0.4 is 5.32 Å². The molecule has 2 rings (SSSR count). The molecule has 1 aromatic rings. The molecule has 2 unspecified atom stereocenters. The summed E-state index contributed by atoms with van der Waals surface area (Å²) in [7, 11) is 0. The lowest BCUT2D eigenvalue weighted by molar-refractivity contribution is 0.204. The van der Waals surface area contributed by atoms with Gasteiger partial charge in [-0.05, 0) is 58.3 Å². The third-order valence-corrected chi connectivity index (χ3v) is 3.95. The number of nitrogens with one attached hydrogen (secondary N) is 1. The van der Waals surface area contributed by atoms with Gasteiger partial charge in [-0.25, -0.2) is 0 Å². The van der Waals surface area contributed by atoms with Crippen LogP contribution in [0.5, 0.6) is 0 Å². The molecule has 1 aromatic heterocycles. The quantitative estimate of drug-likeness (QED) is 0.820. The lowest BCUT2D eigenvalue weighted by atomic mass is 10.1. The van der Waals surface area contributed by atoms with E-state index in [2.05, 4.69) is 30.1 Å². The first-order valence-electron chi connectivity index (χ1n) is 7.75. The van der Waals surface area contributed by atoms with E-state index in [1.807, 2.05) is 6.07 Å². The molecule has 0 aromatic carbocycles. The molecule has 3 heteroatoms. The zero-order valence-corrected chi connectivity index (χ0v) is 12.4. The van der Waals surface area contributed by atoms with Gasteiger partial charge in [-0.2, -0.15) is 0 Å². The van der Waals surface area contributed by atoms with Crippen molar-refractivity contribution >= 4 is 0 Å². The van der Waals surface area contributed by atoms with Crippen LogP contribution >= 0.6 is 0 Å². The van der Waals surface area contributed by atoms with Crippen LogP contribution in [0.15, 0.2) is 22.8 Å². The highest BCUT2D eigenvalue weighted by Gasteiger charge is 2.14. The van der Waals surface area contributed by atoms with Crippen LogP contribution in [0.2, 0.25) is 0 Å². The summed E-state index contributed by atoms with van der Waals surface area (Å²) in [5, 5.41) is 3.71. The maximum absolute atomic E-state index is 5.37. The van der Waals surface area contributed by atoms with Gasteiger partial charge >= 0.3 is 0 Å². The second-order valence-corrected chi connectivity index (χ2v) is 5.95. The van der Waals surface area contributed by atoms with Crippen LogP contribution in [0.3, 0.4) is 0 Å². The van der Waals surface area contributed by atoms with Crippen LogP contribution in [0.4, 0.5) is 0 Å². The van der Waals surface area contributed by atoms with Gasteiger partial charge in [0.1, 0.15) is 5.76 Å². The standard InChI is InChI=1S/C16H28N2O/c1-14(8-9-16-7-6-12-19-16)17-15(2)13-18-10-4-3-5-11-18/h6-7,12,14-15,17H,3-5,8-11,13H2,1-2H3. The number of nitrogens with zero attached hydrogens (tertiary/aromatic N) is 1. The van der Waals surface area contributed by atoms with Crippen molar-refractivity contribution in [2.24, 2.45) is 0 Å². The first-order chi connectivity index (χ1) is 9.24. The molecule has 1 saturated heterocycles. The second-order valence-electron chi connectivity index (χ2n) is 5.95. The fourth-order valence-electron chi connectivity index (χ4n) is 2.96. The summed E-state index contributed by atoms with van der Waals surface area (Å²) in [5.74, 6) is 1.09. The van der Waals surface area contributed by atoms with E-state index in [0.717, 1.165) is 18.6 Å². The molecule has 2 heterocycles. The molecule has 108 valence electrons. The molecule has 19 heavy (non-hydrogen) atoms. The molecular weight excluding hydrogens is 236 g/mol. The van der Waals surface area contributed by atoms with Crippen LogP contribution in [0.1, 0.15) is 45.3 Å².